The summed E-state index contributed by atoms with van der Waals surface area (Å²) in [5.74, 6) is 0.460. The van der Waals surface area contributed by atoms with Gasteiger partial charge in [-0.05, 0) is 69.7 Å². The SMILES string of the molecule is Cc1ccc(Oc2ccc(C(CNC(C)(C)C)OS(C)(=O)=O)cc2OC(=O)c2ccccc2)cc1. The monoisotopic (exact) mass is 497 g/mol. The van der Waals surface area contributed by atoms with Crippen LogP contribution in [-0.2, 0) is 14.3 Å². The van der Waals surface area contributed by atoms with Gasteiger partial charge in [0, 0.05) is 12.1 Å². The number of rotatable bonds is 9. The van der Waals surface area contributed by atoms with Crippen LogP contribution in [0.15, 0.2) is 72.8 Å². The van der Waals surface area contributed by atoms with Gasteiger partial charge >= 0.3 is 5.97 Å². The van der Waals surface area contributed by atoms with E-state index < -0.39 is 22.2 Å². The lowest BCUT2D eigenvalue weighted by molar-refractivity contribution is 0.0729. The normalized spacial score (nSPS) is 12.7. The number of carbonyl (C=O) groups is 1. The number of benzene rings is 3. The van der Waals surface area contributed by atoms with Gasteiger partial charge < -0.3 is 14.8 Å². The van der Waals surface area contributed by atoms with Crippen molar-refractivity contribution in [2.75, 3.05) is 12.8 Å². The minimum Gasteiger partial charge on any atom is -0.453 e. The number of carbonyl (C=O) groups excluding carboxylic acids is 1. The van der Waals surface area contributed by atoms with Gasteiger partial charge in [0.15, 0.2) is 11.5 Å². The molecule has 3 aromatic carbocycles. The molecule has 8 heteroatoms. The van der Waals surface area contributed by atoms with Crippen molar-refractivity contribution in [3.05, 3.63) is 89.5 Å². The van der Waals surface area contributed by atoms with Crippen molar-refractivity contribution >= 4 is 16.1 Å². The molecule has 0 aromatic heterocycles. The third-order valence-corrected chi connectivity index (χ3v) is 5.49. The summed E-state index contributed by atoms with van der Waals surface area (Å²) in [5.41, 5.74) is 1.70. The van der Waals surface area contributed by atoms with Crippen LogP contribution < -0.4 is 14.8 Å². The Labute approximate surface area is 207 Å². The molecule has 35 heavy (non-hydrogen) atoms. The van der Waals surface area contributed by atoms with Gasteiger partial charge in [-0.15, -0.1) is 0 Å². The smallest absolute Gasteiger partial charge is 0.343 e. The van der Waals surface area contributed by atoms with Crippen molar-refractivity contribution in [2.45, 2.75) is 39.3 Å². The van der Waals surface area contributed by atoms with Crippen LogP contribution in [0.5, 0.6) is 17.2 Å². The lowest BCUT2D eigenvalue weighted by Gasteiger charge is -2.25. The van der Waals surface area contributed by atoms with Gasteiger partial charge in [0.05, 0.1) is 11.8 Å². The Bertz CT molecular complexity index is 1250. The zero-order chi connectivity index (χ0) is 25.6. The highest BCUT2D eigenvalue weighted by Crippen LogP contribution is 2.36. The van der Waals surface area contributed by atoms with Crippen molar-refractivity contribution in [3.63, 3.8) is 0 Å². The van der Waals surface area contributed by atoms with Crippen molar-refractivity contribution in [3.8, 4) is 17.2 Å². The number of hydrogen-bond donors (Lipinski definition) is 1. The number of ether oxygens (including phenoxy) is 2. The molecule has 7 nitrogen and oxygen atoms in total. The lowest BCUT2D eigenvalue weighted by atomic mass is 10.1. The highest BCUT2D eigenvalue weighted by atomic mass is 32.2. The van der Waals surface area contributed by atoms with E-state index in [9.17, 15) is 13.2 Å². The Morgan fingerprint density at radius 2 is 1.60 bits per heavy atom. The Kier molecular flexibility index (Phi) is 8.32. The first-order valence-corrected chi connectivity index (χ1v) is 13.0. The number of hydrogen-bond acceptors (Lipinski definition) is 7. The van der Waals surface area contributed by atoms with Gasteiger partial charge in [-0.3, -0.25) is 4.18 Å². The second-order valence-electron chi connectivity index (χ2n) is 9.30. The predicted octanol–water partition coefficient (Wildman–Crippen LogP) is 5.41. The van der Waals surface area contributed by atoms with E-state index in [2.05, 4.69) is 5.32 Å². The first-order chi connectivity index (χ1) is 16.4. The van der Waals surface area contributed by atoms with Crippen molar-refractivity contribution in [1.29, 1.82) is 0 Å². The quantitative estimate of drug-likeness (QED) is 0.240. The van der Waals surface area contributed by atoms with E-state index in [0.29, 0.717) is 22.6 Å². The summed E-state index contributed by atoms with van der Waals surface area (Å²) in [5, 5.41) is 3.26. The maximum atomic E-state index is 12.8. The van der Waals surface area contributed by atoms with Crippen LogP contribution in [0.3, 0.4) is 0 Å². The van der Waals surface area contributed by atoms with E-state index >= 15 is 0 Å². The maximum absolute atomic E-state index is 12.8. The molecule has 3 rings (SSSR count). The van der Waals surface area contributed by atoms with Crippen LogP contribution >= 0.6 is 0 Å². The van der Waals surface area contributed by atoms with Gasteiger partial charge in [0.1, 0.15) is 11.9 Å². The van der Waals surface area contributed by atoms with Crippen LogP contribution in [0.4, 0.5) is 0 Å². The van der Waals surface area contributed by atoms with E-state index in [4.69, 9.17) is 13.7 Å². The Morgan fingerprint density at radius 3 is 2.20 bits per heavy atom. The minimum absolute atomic E-state index is 0.148. The molecular weight excluding hydrogens is 466 g/mol. The van der Waals surface area contributed by atoms with Crippen LogP contribution in [0.1, 0.15) is 48.4 Å². The summed E-state index contributed by atoms with van der Waals surface area (Å²) in [6.45, 7) is 8.10. The molecule has 1 unspecified atom stereocenters. The zero-order valence-electron chi connectivity index (χ0n) is 20.6. The maximum Gasteiger partial charge on any atom is 0.343 e. The second-order valence-corrected chi connectivity index (χ2v) is 10.9. The van der Waals surface area contributed by atoms with E-state index in [1.165, 1.54) is 0 Å². The Balaban J connectivity index is 1.99. The van der Waals surface area contributed by atoms with Crippen molar-refractivity contribution in [2.24, 2.45) is 0 Å². The van der Waals surface area contributed by atoms with Gasteiger partial charge in [-0.2, -0.15) is 8.42 Å². The molecule has 0 fully saturated rings. The molecule has 0 aliphatic heterocycles. The molecular formula is C27H31NO6S. The summed E-state index contributed by atoms with van der Waals surface area (Å²) < 4.78 is 41.0. The molecule has 0 heterocycles. The number of aryl methyl sites for hydroxylation is 1. The Hall–Kier alpha value is -3.20. The van der Waals surface area contributed by atoms with Crippen LogP contribution in [-0.4, -0.2) is 32.7 Å². The average Bonchev–Trinajstić information content (AvgIpc) is 2.78. The summed E-state index contributed by atoms with van der Waals surface area (Å²) in [7, 11) is -3.76. The molecule has 0 saturated carbocycles. The predicted molar refractivity (Wildman–Crippen MR) is 136 cm³/mol. The molecule has 1 N–H and O–H groups in total. The van der Waals surface area contributed by atoms with Gasteiger partial charge in [-0.25, -0.2) is 4.79 Å². The highest BCUT2D eigenvalue weighted by Gasteiger charge is 2.23. The lowest BCUT2D eigenvalue weighted by Crippen LogP contribution is -2.39. The molecule has 0 radical (unpaired) electrons. The molecule has 3 aromatic rings. The second kappa shape index (κ2) is 11.0. The molecule has 0 aliphatic rings. The molecule has 0 amide bonds. The number of nitrogens with one attached hydrogen (secondary N) is 1. The van der Waals surface area contributed by atoms with Crippen LogP contribution in [0, 0.1) is 6.92 Å². The van der Waals surface area contributed by atoms with E-state index in [1.807, 2.05) is 52.0 Å². The largest absolute Gasteiger partial charge is 0.453 e. The van der Waals surface area contributed by atoms with E-state index in [1.54, 1.807) is 48.5 Å². The van der Waals surface area contributed by atoms with Crippen molar-refractivity contribution in [1.82, 2.24) is 5.32 Å². The fraction of sp³-hybridized carbons (Fsp3) is 0.296. The van der Waals surface area contributed by atoms with Gasteiger partial charge in [-0.1, -0.05) is 42.0 Å². The molecule has 0 saturated heterocycles. The zero-order valence-corrected chi connectivity index (χ0v) is 21.4. The molecule has 186 valence electrons. The van der Waals surface area contributed by atoms with Gasteiger partial charge in [0.25, 0.3) is 10.1 Å². The summed E-state index contributed by atoms with van der Waals surface area (Å²) in [6, 6.07) is 20.9. The Morgan fingerprint density at radius 1 is 0.943 bits per heavy atom. The first kappa shape index (κ1) is 26.4. The minimum atomic E-state index is -3.76. The van der Waals surface area contributed by atoms with E-state index in [0.717, 1.165) is 11.8 Å². The number of esters is 1. The summed E-state index contributed by atoms with van der Waals surface area (Å²) in [4.78, 5) is 12.8. The topological polar surface area (TPSA) is 90.9 Å². The van der Waals surface area contributed by atoms with Crippen LogP contribution in [0.25, 0.3) is 0 Å². The standard InChI is InChI=1S/C27H31NO6S/c1-19-11-14-22(15-12-19)32-23-16-13-21(25(34-35(5,30)31)18-28-27(2,3)4)17-24(23)33-26(29)20-9-7-6-8-10-20/h6-17,25,28H,18H2,1-5H3. The molecule has 0 spiro atoms. The summed E-state index contributed by atoms with van der Waals surface area (Å²) >= 11 is 0. The van der Waals surface area contributed by atoms with Crippen molar-refractivity contribution < 1.29 is 26.9 Å². The fourth-order valence-electron chi connectivity index (χ4n) is 3.17. The third-order valence-electron chi connectivity index (χ3n) is 4.91. The third kappa shape index (κ3) is 8.51. The summed E-state index contributed by atoms with van der Waals surface area (Å²) in [6.07, 6.45) is 0.161. The first-order valence-electron chi connectivity index (χ1n) is 11.2. The van der Waals surface area contributed by atoms with E-state index in [-0.39, 0.29) is 17.8 Å². The average molecular weight is 498 g/mol. The van der Waals surface area contributed by atoms with Crippen LogP contribution in [0.2, 0.25) is 0 Å². The molecule has 1 atom stereocenters. The highest BCUT2D eigenvalue weighted by molar-refractivity contribution is 7.86. The van der Waals surface area contributed by atoms with Gasteiger partial charge in [0.2, 0.25) is 0 Å². The molecule has 0 aliphatic carbocycles. The molecule has 0 bridgehead atoms. The fourth-order valence-corrected chi connectivity index (χ4v) is 3.77.